The van der Waals surface area contributed by atoms with Crippen molar-refractivity contribution in [1.82, 2.24) is 4.90 Å². The quantitative estimate of drug-likeness (QED) is 0.636. The second-order valence-corrected chi connectivity index (χ2v) is 3.88. The fourth-order valence-corrected chi connectivity index (χ4v) is 1.35. The summed E-state index contributed by atoms with van der Waals surface area (Å²) in [6.45, 7) is 8.79. The molecule has 84 valence electrons. The topological polar surface area (TPSA) is 55.6 Å². The number of rotatable bonds is 6. The molecule has 0 aliphatic rings. The van der Waals surface area contributed by atoms with Crippen molar-refractivity contribution in [3.8, 4) is 0 Å². The van der Waals surface area contributed by atoms with Gasteiger partial charge in [0.2, 0.25) is 0 Å². The van der Waals surface area contributed by atoms with Crippen LogP contribution in [0.3, 0.4) is 0 Å². The van der Waals surface area contributed by atoms with E-state index in [9.17, 15) is 4.79 Å². The highest BCUT2D eigenvalue weighted by molar-refractivity contribution is 5.75. The largest absolute Gasteiger partial charge is 0.468 e. The van der Waals surface area contributed by atoms with Crippen molar-refractivity contribution < 1.29 is 9.53 Å². The lowest BCUT2D eigenvalue weighted by molar-refractivity contribution is -0.142. The zero-order valence-electron chi connectivity index (χ0n) is 9.62. The smallest absolute Gasteiger partial charge is 0.323 e. The summed E-state index contributed by atoms with van der Waals surface area (Å²) in [5, 5.41) is 0. The van der Waals surface area contributed by atoms with Gasteiger partial charge in [-0.15, -0.1) is 0 Å². The van der Waals surface area contributed by atoms with Gasteiger partial charge in [-0.05, 0) is 12.5 Å². The summed E-state index contributed by atoms with van der Waals surface area (Å²) in [6, 6.07) is -0.529. The third kappa shape index (κ3) is 5.19. The Labute approximate surface area is 86.4 Å². The minimum absolute atomic E-state index is 0.341. The molecule has 0 aromatic heterocycles. The summed E-state index contributed by atoms with van der Waals surface area (Å²) in [4.78, 5) is 13.2. The van der Waals surface area contributed by atoms with Gasteiger partial charge in [0.1, 0.15) is 6.04 Å². The maximum Gasteiger partial charge on any atom is 0.323 e. The van der Waals surface area contributed by atoms with Crippen LogP contribution in [0.4, 0.5) is 0 Å². The number of likely N-dealkylation sites (N-methyl/N-ethyl adjacent to an activating group) is 1. The molecule has 14 heavy (non-hydrogen) atoms. The Morgan fingerprint density at radius 3 is 2.36 bits per heavy atom. The Bertz CT molecular complexity index is 172. The molecular weight excluding hydrogens is 180 g/mol. The molecule has 0 aliphatic heterocycles. The van der Waals surface area contributed by atoms with E-state index in [0.29, 0.717) is 12.5 Å². The number of methoxy groups -OCH3 is 1. The van der Waals surface area contributed by atoms with Crippen LogP contribution in [0.15, 0.2) is 0 Å². The maximum atomic E-state index is 11.1. The van der Waals surface area contributed by atoms with E-state index in [1.807, 2.05) is 0 Å². The van der Waals surface area contributed by atoms with E-state index in [1.54, 1.807) is 0 Å². The molecule has 0 rings (SSSR count). The molecular formula is C10H22N2O2. The van der Waals surface area contributed by atoms with Gasteiger partial charge >= 0.3 is 5.97 Å². The third-order valence-corrected chi connectivity index (χ3v) is 2.03. The van der Waals surface area contributed by atoms with E-state index >= 15 is 0 Å². The normalized spacial score (nSPS) is 13.4. The monoisotopic (exact) mass is 202 g/mol. The minimum Gasteiger partial charge on any atom is -0.468 e. The van der Waals surface area contributed by atoms with Crippen LogP contribution in [0, 0.1) is 5.92 Å². The summed E-state index contributed by atoms with van der Waals surface area (Å²) in [5.74, 6) is 0.243. The molecule has 1 atom stereocenters. The first-order chi connectivity index (χ1) is 6.51. The highest BCUT2D eigenvalue weighted by Crippen LogP contribution is 1.99. The zero-order chi connectivity index (χ0) is 11.1. The summed E-state index contributed by atoms with van der Waals surface area (Å²) in [6.07, 6.45) is 0. The Balaban J connectivity index is 3.97. The average molecular weight is 202 g/mol. The summed E-state index contributed by atoms with van der Waals surface area (Å²) in [7, 11) is 1.36. The van der Waals surface area contributed by atoms with Crippen molar-refractivity contribution >= 4 is 5.97 Å². The molecule has 0 radical (unpaired) electrons. The molecule has 1 unspecified atom stereocenters. The molecule has 0 saturated heterocycles. The lowest BCUT2D eigenvalue weighted by Crippen LogP contribution is -2.44. The molecule has 0 fully saturated rings. The molecule has 0 spiro atoms. The van der Waals surface area contributed by atoms with Gasteiger partial charge in [0, 0.05) is 13.1 Å². The predicted octanol–water partition coefficient (Wildman–Crippen LogP) is 0.465. The Hall–Kier alpha value is -0.610. The number of esters is 1. The molecule has 2 N–H and O–H groups in total. The maximum absolute atomic E-state index is 11.1. The van der Waals surface area contributed by atoms with Crippen LogP contribution in [0.5, 0.6) is 0 Å². The van der Waals surface area contributed by atoms with Gasteiger partial charge in [0.25, 0.3) is 0 Å². The van der Waals surface area contributed by atoms with E-state index < -0.39 is 6.04 Å². The molecule has 0 aromatic carbocycles. The van der Waals surface area contributed by atoms with Crippen LogP contribution < -0.4 is 5.73 Å². The fraction of sp³-hybridized carbons (Fsp3) is 0.900. The van der Waals surface area contributed by atoms with E-state index in [2.05, 4.69) is 30.4 Å². The SMILES string of the molecule is CCN(CC(C)C)CC(N)C(=O)OC. The highest BCUT2D eigenvalue weighted by atomic mass is 16.5. The number of carbonyl (C=O) groups excluding carboxylic acids is 1. The number of nitrogens with zero attached hydrogens (tertiary/aromatic N) is 1. The minimum atomic E-state index is -0.529. The Morgan fingerprint density at radius 1 is 1.43 bits per heavy atom. The standard InChI is InChI=1S/C10H22N2O2/c1-5-12(6-8(2)3)7-9(11)10(13)14-4/h8-9H,5-7,11H2,1-4H3. The van der Waals surface area contributed by atoms with Gasteiger partial charge in [-0.1, -0.05) is 20.8 Å². The molecule has 0 heterocycles. The lowest BCUT2D eigenvalue weighted by Gasteiger charge is -2.24. The first-order valence-electron chi connectivity index (χ1n) is 5.07. The average Bonchev–Trinajstić information content (AvgIpc) is 2.14. The highest BCUT2D eigenvalue weighted by Gasteiger charge is 2.17. The van der Waals surface area contributed by atoms with E-state index in [-0.39, 0.29) is 5.97 Å². The van der Waals surface area contributed by atoms with Crippen molar-refractivity contribution in [2.45, 2.75) is 26.8 Å². The number of hydrogen-bond donors (Lipinski definition) is 1. The number of hydrogen-bond acceptors (Lipinski definition) is 4. The third-order valence-electron chi connectivity index (χ3n) is 2.03. The van der Waals surface area contributed by atoms with Crippen LogP contribution in [0.25, 0.3) is 0 Å². The van der Waals surface area contributed by atoms with E-state index in [4.69, 9.17) is 5.73 Å². The van der Waals surface area contributed by atoms with Crippen molar-refractivity contribution in [1.29, 1.82) is 0 Å². The second-order valence-electron chi connectivity index (χ2n) is 3.88. The molecule has 0 saturated carbocycles. The molecule has 0 aliphatic carbocycles. The van der Waals surface area contributed by atoms with E-state index in [1.165, 1.54) is 7.11 Å². The fourth-order valence-electron chi connectivity index (χ4n) is 1.35. The number of ether oxygens (including phenoxy) is 1. The first-order valence-corrected chi connectivity index (χ1v) is 5.07. The zero-order valence-corrected chi connectivity index (χ0v) is 9.62. The summed E-state index contributed by atoms with van der Waals surface area (Å²) < 4.78 is 4.57. The van der Waals surface area contributed by atoms with Gasteiger partial charge < -0.3 is 15.4 Å². The van der Waals surface area contributed by atoms with Crippen LogP contribution in [-0.4, -0.2) is 43.7 Å². The number of nitrogens with two attached hydrogens (primary N) is 1. The van der Waals surface area contributed by atoms with E-state index in [0.717, 1.165) is 13.1 Å². The van der Waals surface area contributed by atoms with Crippen molar-refractivity contribution in [3.63, 3.8) is 0 Å². The second kappa shape index (κ2) is 6.79. The van der Waals surface area contributed by atoms with Crippen LogP contribution in [0.1, 0.15) is 20.8 Å². The van der Waals surface area contributed by atoms with Crippen molar-refractivity contribution in [2.75, 3.05) is 26.7 Å². The van der Waals surface area contributed by atoms with Gasteiger partial charge in [0.05, 0.1) is 7.11 Å². The van der Waals surface area contributed by atoms with Gasteiger partial charge in [-0.3, -0.25) is 4.79 Å². The summed E-state index contributed by atoms with van der Waals surface area (Å²) >= 11 is 0. The number of carbonyl (C=O) groups is 1. The lowest BCUT2D eigenvalue weighted by atomic mass is 10.2. The van der Waals surface area contributed by atoms with Crippen molar-refractivity contribution in [2.24, 2.45) is 11.7 Å². The first kappa shape index (κ1) is 13.4. The molecule has 4 nitrogen and oxygen atoms in total. The molecule has 4 heteroatoms. The van der Waals surface area contributed by atoms with Crippen LogP contribution >= 0.6 is 0 Å². The van der Waals surface area contributed by atoms with Crippen LogP contribution in [0.2, 0.25) is 0 Å². The van der Waals surface area contributed by atoms with Crippen molar-refractivity contribution in [3.05, 3.63) is 0 Å². The summed E-state index contributed by atoms with van der Waals surface area (Å²) in [5.41, 5.74) is 5.66. The molecule has 0 bridgehead atoms. The molecule has 0 amide bonds. The molecule has 0 aromatic rings. The van der Waals surface area contributed by atoms with Gasteiger partial charge in [0.15, 0.2) is 0 Å². The van der Waals surface area contributed by atoms with Gasteiger partial charge in [-0.25, -0.2) is 0 Å². The Morgan fingerprint density at radius 2 is 2.00 bits per heavy atom. The predicted molar refractivity (Wildman–Crippen MR) is 56.9 cm³/mol. The van der Waals surface area contributed by atoms with Crippen LogP contribution in [-0.2, 0) is 9.53 Å². The Kier molecular flexibility index (Phi) is 6.49. The van der Waals surface area contributed by atoms with Gasteiger partial charge in [-0.2, -0.15) is 0 Å².